The zero-order valence-electron chi connectivity index (χ0n) is 8.53. The Bertz CT molecular complexity index is 289. The number of amides is 1. The lowest BCUT2D eigenvalue weighted by atomic mass is 9.79. The highest BCUT2D eigenvalue weighted by atomic mass is 19.4. The molecule has 2 aliphatic rings. The topological polar surface area (TPSA) is 29.1 Å². The van der Waals surface area contributed by atoms with Gasteiger partial charge in [0.15, 0.2) is 0 Å². The first kappa shape index (κ1) is 10.8. The minimum absolute atomic E-state index is 0.142. The molecule has 1 N–H and O–H groups in total. The number of carbonyl (C=O) groups is 1. The number of fused-ring (bicyclic) bond motifs is 2. The van der Waals surface area contributed by atoms with E-state index in [-0.39, 0.29) is 24.7 Å². The molecule has 2 saturated carbocycles. The van der Waals surface area contributed by atoms with Crippen LogP contribution in [0.25, 0.3) is 0 Å². The SMILES string of the molecule is CC(=O)NC1CC2CCC1(C(F)(F)F)C2. The molecule has 0 aromatic carbocycles. The van der Waals surface area contributed by atoms with Crippen LogP contribution in [0.4, 0.5) is 13.2 Å². The third-order valence-electron chi connectivity index (χ3n) is 3.83. The summed E-state index contributed by atoms with van der Waals surface area (Å²) in [4.78, 5) is 10.9. The van der Waals surface area contributed by atoms with Crippen molar-refractivity contribution in [2.75, 3.05) is 0 Å². The summed E-state index contributed by atoms with van der Waals surface area (Å²) in [6.45, 7) is 1.27. The number of hydrogen-bond acceptors (Lipinski definition) is 1. The van der Waals surface area contributed by atoms with Gasteiger partial charge in [-0.1, -0.05) is 0 Å². The van der Waals surface area contributed by atoms with Gasteiger partial charge in [-0.3, -0.25) is 4.79 Å². The van der Waals surface area contributed by atoms with E-state index in [0.29, 0.717) is 12.8 Å². The third-order valence-corrected chi connectivity index (χ3v) is 3.83. The van der Waals surface area contributed by atoms with Crippen LogP contribution in [-0.4, -0.2) is 18.1 Å². The Balaban J connectivity index is 2.23. The van der Waals surface area contributed by atoms with Gasteiger partial charge in [0.05, 0.1) is 5.41 Å². The molecule has 86 valence electrons. The quantitative estimate of drug-likeness (QED) is 0.722. The fourth-order valence-electron chi connectivity index (χ4n) is 3.15. The van der Waals surface area contributed by atoms with Crippen molar-refractivity contribution in [3.05, 3.63) is 0 Å². The van der Waals surface area contributed by atoms with E-state index in [1.54, 1.807) is 0 Å². The van der Waals surface area contributed by atoms with Gasteiger partial charge >= 0.3 is 6.18 Å². The summed E-state index contributed by atoms with van der Waals surface area (Å²) < 4.78 is 39.0. The summed E-state index contributed by atoms with van der Waals surface area (Å²) in [6, 6.07) is -0.700. The second kappa shape index (κ2) is 3.12. The summed E-state index contributed by atoms with van der Waals surface area (Å²) in [7, 11) is 0. The average molecular weight is 221 g/mol. The molecule has 3 unspecified atom stereocenters. The van der Waals surface area contributed by atoms with Crippen LogP contribution in [0.1, 0.15) is 32.6 Å². The zero-order chi connectivity index (χ0) is 11.3. The van der Waals surface area contributed by atoms with Gasteiger partial charge in [0.1, 0.15) is 0 Å². The van der Waals surface area contributed by atoms with Gasteiger partial charge in [-0.15, -0.1) is 0 Å². The van der Waals surface area contributed by atoms with E-state index in [1.165, 1.54) is 6.92 Å². The van der Waals surface area contributed by atoms with Gasteiger partial charge in [0, 0.05) is 13.0 Å². The highest BCUT2D eigenvalue weighted by molar-refractivity contribution is 5.73. The van der Waals surface area contributed by atoms with Gasteiger partial charge in [-0.2, -0.15) is 13.2 Å². The van der Waals surface area contributed by atoms with Crippen molar-refractivity contribution in [1.82, 2.24) is 5.32 Å². The maximum absolute atomic E-state index is 13.0. The Hall–Kier alpha value is -0.740. The fraction of sp³-hybridized carbons (Fsp3) is 0.900. The first-order valence-electron chi connectivity index (χ1n) is 5.19. The summed E-state index contributed by atoms with van der Waals surface area (Å²) in [5.41, 5.74) is -1.64. The van der Waals surface area contributed by atoms with E-state index in [0.717, 1.165) is 0 Å². The smallest absolute Gasteiger partial charge is 0.353 e. The minimum Gasteiger partial charge on any atom is -0.353 e. The van der Waals surface area contributed by atoms with Crippen LogP contribution in [0.2, 0.25) is 0 Å². The van der Waals surface area contributed by atoms with Crippen LogP contribution in [-0.2, 0) is 4.79 Å². The molecule has 1 amide bonds. The maximum Gasteiger partial charge on any atom is 0.396 e. The van der Waals surface area contributed by atoms with Crippen LogP contribution in [0.3, 0.4) is 0 Å². The fourth-order valence-corrected chi connectivity index (χ4v) is 3.15. The summed E-state index contributed by atoms with van der Waals surface area (Å²) in [5.74, 6) is -0.223. The Labute approximate surface area is 86.2 Å². The first-order chi connectivity index (χ1) is 6.85. The number of carbonyl (C=O) groups excluding carboxylic acids is 1. The molecule has 2 aliphatic carbocycles. The first-order valence-corrected chi connectivity index (χ1v) is 5.19. The van der Waals surface area contributed by atoms with Crippen molar-refractivity contribution in [1.29, 1.82) is 0 Å². The lowest BCUT2D eigenvalue weighted by Crippen LogP contribution is -2.51. The van der Waals surface area contributed by atoms with Crippen LogP contribution in [0, 0.1) is 11.3 Å². The van der Waals surface area contributed by atoms with E-state index < -0.39 is 17.6 Å². The standard InChI is InChI=1S/C10H14F3NO/c1-6(15)14-8-4-7-2-3-9(8,5-7)10(11,12)13/h7-8H,2-5H2,1H3,(H,14,15). The number of rotatable bonds is 1. The summed E-state index contributed by atoms with van der Waals surface area (Å²) >= 11 is 0. The van der Waals surface area contributed by atoms with E-state index in [4.69, 9.17) is 0 Å². The monoisotopic (exact) mass is 221 g/mol. The predicted octanol–water partition coefficient (Wildman–Crippen LogP) is 2.24. The molecular weight excluding hydrogens is 207 g/mol. The van der Waals surface area contributed by atoms with Crippen LogP contribution >= 0.6 is 0 Å². The average Bonchev–Trinajstić information content (AvgIpc) is 2.58. The van der Waals surface area contributed by atoms with Crippen LogP contribution in [0.5, 0.6) is 0 Å². The minimum atomic E-state index is -4.19. The number of nitrogens with one attached hydrogen (secondary N) is 1. The number of halogens is 3. The molecule has 3 atom stereocenters. The number of alkyl halides is 3. The molecule has 0 aliphatic heterocycles. The Morgan fingerprint density at radius 2 is 2.13 bits per heavy atom. The van der Waals surface area contributed by atoms with Gasteiger partial charge < -0.3 is 5.32 Å². The highest BCUT2D eigenvalue weighted by Crippen LogP contribution is 2.61. The Kier molecular flexibility index (Phi) is 2.24. The summed E-state index contributed by atoms with van der Waals surface area (Å²) in [6.07, 6.45) is -2.69. The lowest BCUT2D eigenvalue weighted by Gasteiger charge is -2.36. The van der Waals surface area contributed by atoms with Gasteiger partial charge in [0.25, 0.3) is 0 Å². The van der Waals surface area contributed by atoms with Crippen LogP contribution in [0.15, 0.2) is 0 Å². The molecule has 0 saturated heterocycles. The van der Waals surface area contributed by atoms with Crippen molar-refractivity contribution < 1.29 is 18.0 Å². The van der Waals surface area contributed by atoms with Gasteiger partial charge in [0.2, 0.25) is 5.91 Å². The Morgan fingerprint density at radius 3 is 2.60 bits per heavy atom. The van der Waals surface area contributed by atoms with E-state index >= 15 is 0 Å². The van der Waals surface area contributed by atoms with Crippen molar-refractivity contribution in [3.63, 3.8) is 0 Å². The van der Waals surface area contributed by atoms with Crippen molar-refractivity contribution in [2.24, 2.45) is 11.3 Å². The molecule has 0 heterocycles. The van der Waals surface area contributed by atoms with Gasteiger partial charge in [-0.05, 0) is 31.6 Å². The molecule has 2 fully saturated rings. The molecule has 2 nitrogen and oxygen atoms in total. The number of hydrogen-bond donors (Lipinski definition) is 1. The molecule has 0 aromatic heterocycles. The summed E-state index contributed by atoms with van der Waals surface area (Å²) in [5, 5.41) is 2.46. The molecule has 0 spiro atoms. The molecular formula is C10H14F3NO. The molecule has 15 heavy (non-hydrogen) atoms. The van der Waals surface area contributed by atoms with E-state index in [9.17, 15) is 18.0 Å². The van der Waals surface area contributed by atoms with Crippen molar-refractivity contribution in [3.8, 4) is 0 Å². The largest absolute Gasteiger partial charge is 0.396 e. The lowest BCUT2D eigenvalue weighted by molar-refractivity contribution is -0.227. The Morgan fingerprint density at radius 1 is 1.47 bits per heavy atom. The second-order valence-corrected chi connectivity index (χ2v) is 4.75. The van der Waals surface area contributed by atoms with E-state index in [1.807, 2.05) is 0 Å². The molecule has 5 heteroatoms. The predicted molar refractivity (Wildman–Crippen MR) is 48.1 cm³/mol. The molecule has 2 rings (SSSR count). The second-order valence-electron chi connectivity index (χ2n) is 4.75. The highest BCUT2D eigenvalue weighted by Gasteiger charge is 2.66. The molecule has 0 radical (unpaired) electrons. The van der Waals surface area contributed by atoms with Crippen molar-refractivity contribution in [2.45, 2.75) is 44.8 Å². The van der Waals surface area contributed by atoms with Crippen LogP contribution < -0.4 is 5.32 Å². The van der Waals surface area contributed by atoms with E-state index in [2.05, 4.69) is 5.32 Å². The maximum atomic E-state index is 13.0. The van der Waals surface area contributed by atoms with Gasteiger partial charge in [-0.25, -0.2) is 0 Å². The normalized spacial score (nSPS) is 39.5. The third kappa shape index (κ3) is 1.52. The molecule has 0 aromatic rings. The van der Waals surface area contributed by atoms with Crippen molar-refractivity contribution >= 4 is 5.91 Å². The zero-order valence-corrected chi connectivity index (χ0v) is 8.53. The molecule has 2 bridgehead atoms.